The second-order valence-corrected chi connectivity index (χ2v) is 6.08. The highest BCUT2D eigenvalue weighted by molar-refractivity contribution is 5.97. The van der Waals surface area contributed by atoms with Crippen molar-refractivity contribution < 1.29 is 19.2 Å². The minimum atomic E-state index is -0.968. The maximum atomic E-state index is 12.3. The summed E-state index contributed by atoms with van der Waals surface area (Å²) in [5, 5.41) is 10.8. The van der Waals surface area contributed by atoms with Crippen molar-refractivity contribution in [3.63, 3.8) is 0 Å². The van der Waals surface area contributed by atoms with Crippen molar-refractivity contribution in [1.29, 1.82) is 0 Å². The second kappa shape index (κ2) is 7.29. The van der Waals surface area contributed by atoms with E-state index < -0.39 is 17.0 Å². The smallest absolute Gasteiger partial charge is 0.341 e. The summed E-state index contributed by atoms with van der Waals surface area (Å²) >= 11 is 0. The highest BCUT2D eigenvalue weighted by Gasteiger charge is 2.28. The monoisotopic (exact) mass is 335 g/mol. The van der Waals surface area contributed by atoms with Gasteiger partial charge in [-0.05, 0) is 31.7 Å². The van der Waals surface area contributed by atoms with Crippen molar-refractivity contribution in [2.24, 2.45) is 5.92 Å². The summed E-state index contributed by atoms with van der Waals surface area (Å²) in [4.78, 5) is 36.4. The number of hydrogen-bond donors (Lipinski definition) is 1. The summed E-state index contributed by atoms with van der Waals surface area (Å²) in [5.41, 5.74) is 5.37. The van der Waals surface area contributed by atoms with E-state index in [0.29, 0.717) is 19.0 Å². The van der Waals surface area contributed by atoms with Crippen LogP contribution in [-0.4, -0.2) is 40.9 Å². The largest absolute Gasteiger partial charge is 0.449 e. The third-order valence-electron chi connectivity index (χ3n) is 4.19. The molecule has 1 atom stereocenters. The summed E-state index contributed by atoms with van der Waals surface area (Å²) in [5.74, 6) is -0.529. The van der Waals surface area contributed by atoms with Crippen LogP contribution in [0.25, 0.3) is 0 Å². The highest BCUT2D eigenvalue weighted by atomic mass is 16.6. The molecule has 0 spiro atoms. The van der Waals surface area contributed by atoms with Gasteiger partial charge in [-0.3, -0.25) is 14.9 Å². The highest BCUT2D eigenvalue weighted by Crippen LogP contribution is 2.22. The Bertz CT molecular complexity index is 653. The maximum Gasteiger partial charge on any atom is 0.341 e. The molecule has 1 aromatic carbocycles. The molecule has 1 amide bonds. The predicted octanol–water partition coefficient (Wildman–Crippen LogP) is 1.98. The minimum absolute atomic E-state index is 0.0667. The van der Waals surface area contributed by atoms with E-state index in [0.717, 1.165) is 18.9 Å². The normalized spacial score (nSPS) is 16.5. The number of benzene rings is 1. The molecular formula is C16H21N3O5. The van der Waals surface area contributed by atoms with Gasteiger partial charge in [-0.15, -0.1) is 0 Å². The number of esters is 1. The molecule has 1 aliphatic rings. The lowest BCUT2D eigenvalue weighted by Crippen LogP contribution is -2.44. The number of ether oxygens (including phenoxy) is 1. The molecule has 1 saturated heterocycles. The summed E-state index contributed by atoms with van der Waals surface area (Å²) in [7, 11) is 0. The van der Waals surface area contributed by atoms with E-state index in [1.165, 1.54) is 19.1 Å². The average Bonchev–Trinajstić information content (AvgIpc) is 2.54. The molecule has 2 rings (SSSR count). The van der Waals surface area contributed by atoms with Crippen molar-refractivity contribution in [3.05, 3.63) is 33.9 Å². The lowest BCUT2D eigenvalue weighted by atomic mass is 9.99. The SMILES string of the molecule is CC1CCN(C(=O)C(C)OC(=O)c2cc([N+](=O)[O-])ccc2N)CC1. The molecule has 1 aromatic rings. The van der Waals surface area contributed by atoms with Crippen LogP contribution in [0.4, 0.5) is 11.4 Å². The Hall–Kier alpha value is -2.64. The zero-order valence-electron chi connectivity index (χ0n) is 13.7. The Labute approximate surface area is 139 Å². The Morgan fingerprint density at radius 3 is 2.58 bits per heavy atom. The van der Waals surface area contributed by atoms with Gasteiger partial charge >= 0.3 is 5.97 Å². The van der Waals surface area contributed by atoms with E-state index >= 15 is 0 Å². The predicted molar refractivity (Wildman–Crippen MR) is 87.4 cm³/mol. The van der Waals surface area contributed by atoms with Gasteiger partial charge in [0.2, 0.25) is 0 Å². The number of nitrogens with zero attached hydrogens (tertiary/aromatic N) is 2. The van der Waals surface area contributed by atoms with Crippen LogP contribution >= 0.6 is 0 Å². The second-order valence-electron chi connectivity index (χ2n) is 6.08. The van der Waals surface area contributed by atoms with E-state index in [2.05, 4.69) is 6.92 Å². The Balaban J connectivity index is 2.04. The molecule has 1 heterocycles. The van der Waals surface area contributed by atoms with Crippen molar-refractivity contribution in [2.45, 2.75) is 32.8 Å². The fourth-order valence-electron chi connectivity index (χ4n) is 2.60. The molecule has 0 aromatic heterocycles. The number of nitrogens with two attached hydrogens (primary N) is 1. The number of nitro benzene ring substituents is 1. The minimum Gasteiger partial charge on any atom is -0.449 e. The van der Waals surface area contributed by atoms with Gasteiger partial charge in [0.05, 0.1) is 10.5 Å². The number of carbonyl (C=O) groups excluding carboxylic acids is 2. The van der Waals surface area contributed by atoms with Gasteiger partial charge in [0.1, 0.15) is 0 Å². The molecule has 1 aliphatic heterocycles. The summed E-state index contributed by atoms with van der Waals surface area (Å²) < 4.78 is 5.16. The fraction of sp³-hybridized carbons (Fsp3) is 0.500. The van der Waals surface area contributed by atoms with Crippen LogP contribution in [0.2, 0.25) is 0 Å². The molecule has 0 radical (unpaired) electrons. The van der Waals surface area contributed by atoms with Crippen molar-refractivity contribution in [1.82, 2.24) is 4.90 Å². The van der Waals surface area contributed by atoms with E-state index in [-0.39, 0.29) is 22.8 Å². The molecule has 1 unspecified atom stereocenters. The topological polar surface area (TPSA) is 116 Å². The van der Waals surface area contributed by atoms with Gasteiger partial charge in [-0.25, -0.2) is 4.79 Å². The van der Waals surface area contributed by atoms with Gasteiger partial charge in [0.15, 0.2) is 6.10 Å². The van der Waals surface area contributed by atoms with E-state index in [1.807, 2.05) is 0 Å². The summed E-state index contributed by atoms with van der Waals surface area (Å²) in [6.07, 6.45) is 0.874. The van der Waals surface area contributed by atoms with Crippen molar-refractivity contribution in [3.8, 4) is 0 Å². The van der Waals surface area contributed by atoms with Gasteiger partial charge in [-0.2, -0.15) is 0 Å². The molecular weight excluding hydrogens is 314 g/mol. The number of piperidine rings is 1. The first-order valence-electron chi connectivity index (χ1n) is 7.83. The number of nitrogen functional groups attached to an aromatic ring is 1. The van der Waals surface area contributed by atoms with Crippen LogP contribution in [-0.2, 0) is 9.53 Å². The Kier molecular flexibility index (Phi) is 5.38. The molecule has 130 valence electrons. The molecule has 8 nitrogen and oxygen atoms in total. The number of rotatable bonds is 4. The first-order valence-corrected chi connectivity index (χ1v) is 7.83. The van der Waals surface area contributed by atoms with E-state index in [4.69, 9.17) is 10.5 Å². The summed E-state index contributed by atoms with van der Waals surface area (Å²) in [6.45, 7) is 4.91. The molecule has 8 heteroatoms. The molecule has 0 saturated carbocycles. The molecule has 24 heavy (non-hydrogen) atoms. The third-order valence-corrected chi connectivity index (χ3v) is 4.19. The maximum absolute atomic E-state index is 12.3. The summed E-state index contributed by atoms with van der Waals surface area (Å²) in [6, 6.07) is 3.53. The fourth-order valence-corrected chi connectivity index (χ4v) is 2.60. The number of likely N-dealkylation sites (tertiary alicyclic amines) is 1. The number of non-ortho nitro benzene ring substituents is 1. The lowest BCUT2D eigenvalue weighted by molar-refractivity contribution is -0.384. The number of carbonyl (C=O) groups is 2. The van der Waals surface area contributed by atoms with E-state index in [9.17, 15) is 19.7 Å². The van der Waals surface area contributed by atoms with Crippen LogP contribution in [0, 0.1) is 16.0 Å². The quantitative estimate of drug-likeness (QED) is 0.389. The zero-order valence-corrected chi connectivity index (χ0v) is 13.7. The average molecular weight is 335 g/mol. The van der Waals surface area contributed by atoms with E-state index in [1.54, 1.807) is 4.90 Å². The molecule has 0 aliphatic carbocycles. The lowest BCUT2D eigenvalue weighted by Gasteiger charge is -2.31. The molecule has 2 N–H and O–H groups in total. The van der Waals surface area contributed by atoms with Crippen LogP contribution in [0.15, 0.2) is 18.2 Å². The van der Waals surface area contributed by atoms with Crippen LogP contribution < -0.4 is 5.73 Å². The van der Waals surface area contributed by atoms with Crippen LogP contribution in [0.5, 0.6) is 0 Å². The number of anilines is 1. The first-order chi connectivity index (χ1) is 11.3. The Morgan fingerprint density at radius 1 is 1.38 bits per heavy atom. The number of hydrogen-bond acceptors (Lipinski definition) is 6. The standard InChI is InChI=1S/C16H21N3O5/c1-10-5-7-18(8-6-10)15(20)11(2)24-16(21)13-9-12(19(22)23)3-4-14(13)17/h3-4,9-11H,5-8,17H2,1-2H3. The van der Waals surface area contributed by atoms with Crippen LogP contribution in [0.1, 0.15) is 37.0 Å². The zero-order chi connectivity index (χ0) is 17.9. The first kappa shape index (κ1) is 17.7. The Morgan fingerprint density at radius 2 is 2.00 bits per heavy atom. The van der Waals surface area contributed by atoms with Crippen LogP contribution in [0.3, 0.4) is 0 Å². The van der Waals surface area contributed by atoms with Crippen molar-refractivity contribution in [2.75, 3.05) is 18.8 Å². The number of amides is 1. The van der Waals surface area contributed by atoms with Gasteiger partial charge in [0, 0.05) is 30.9 Å². The molecule has 1 fully saturated rings. The molecule has 0 bridgehead atoms. The van der Waals surface area contributed by atoms with Gasteiger partial charge in [-0.1, -0.05) is 6.92 Å². The number of nitro groups is 1. The van der Waals surface area contributed by atoms with Gasteiger partial charge in [0.25, 0.3) is 11.6 Å². The third kappa shape index (κ3) is 4.01. The van der Waals surface area contributed by atoms with Crippen molar-refractivity contribution >= 4 is 23.3 Å². The van der Waals surface area contributed by atoms with Gasteiger partial charge < -0.3 is 15.4 Å².